The Morgan fingerprint density at radius 3 is 2.73 bits per heavy atom. The summed E-state index contributed by atoms with van der Waals surface area (Å²) >= 11 is 12.1. The van der Waals surface area contributed by atoms with Crippen LogP contribution in [0.4, 0.5) is 4.79 Å². The third-order valence-corrected chi connectivity index (χ3v) is 4.56. The highest BCUT2D eigenvalue weighted by Crippen LogP contribution is 2.22. The number of urea groups is 1. The second-order valence-corrected chi connectivity index (χ2v) is 6.59. The van der Waals surface area contributed by atoms with Crippen LogP contribution in [0.5, 0.6) is 0 Å². The number of nitrogens with zero attached hydrogens (tertiary/aromatic N) is 1. The Balaban J connectivity index is 1.87. The summed E-state index contributed by atoms with van der Waals surface area (Å²) in [6, 6.07) is 5.63. The van der Waals surface area contributed by atoms with Crippen molar-refractivity contribution >= 4 is 29.2 Å². The minimum Gasteiger partial charge on any atom is -0.381 e. The molecular formula is C16H22Cl2N2O2. The van der Waals surface area contributed by atoms with Gasteiger partial charge in [-0.1, -0.05) is 29.3 Å². The highest BCUT2D eigenvalue weighted by atomic mass is 35.5. The van der Waals surface area contributed by atoms with Crippen LogP contribution >= 0.6 is 23.2 Å². The maximum atomic E-state index is 12.3. The van der Waals surface area contributed by atoms with E-state index in [2.05, 4.69) is 5.32 Å². The maximum Gasteiger partial charge on any atom is 0.317 e. The molecule has 1 aromatic carbocycles. The van der Waals surface area contributed by atoms with Gasteiger partial charge < -0.3 is 15.0 Å². The van der Waals surface area contributed by atoms with E-state index in [4.69, 9.17) is 27.9 Å². The Hall–Kier alpha value is -0.970. The fourth-order valence-electron chi connectivity index (χ4n) is 2.62. The standard InChI is InChI=1S/C16H22Cl2N2O2/c1-11(9-12-3-4-13(17)10-15(12)18)19-16(21)20(2)14-5-7-22-8-6-14/h3-4,10-11,14H,5-9H2,1-2H3,(H,19,21)/t11-/m1/s1. The van der Waals surface area contributed by atoms with Crippen molar-refractivity contribution in [2.75, 3.05) is 20.3 Å². The smallest absolute Gasteiger partial charge is 0.317 e. The molecule has 1 heterocycles. The first kappa shape index (κ1) is 17.4. The first-order chi connectivity index (χ1) is 10.5. The zero-order valence-electron chi connectivity index (χ0n) is 12.9. The molecule has 0 unspecified atom stereocenters. The molecule has 122 valence electrons. The van der Waals surface area contributed by atoms with Crippen LogP contribution in [0.25, 0.3) is 0 Å². The molecule has 0 bridgehead atoms. The predicted octanol–water partition coefficient (Wildman–Crippen LogP) is 3.74. The third-order valence-electron chi connectivity index (χ3n) is 3.97. The number of carbonyl (C=O) groups is 1. The SMILES string of the molecule is C[C@H](Cc1ccc(Cl)cc1Cl)NC(=O)N(C)C1CCOCC1. The molecular weight excluding hydrogens is 323 g/mol. The predicted molar refractivity (Wildman–Crippen MR) is 89.8 cm³/mol. The van der Waals surface area contributed by atoms with E-state index in [-0.39, 0.29) is 18.1 Å². The highest BCUT2D eigenvalue weighted by molar-refractivity contribution is 6.35. The van der Waals surface area contributed by atoms with Crippen molar-refractivity contribution in [3.05, 3.63) is 33.8 Å². The van der Waals surface area contributed by atoms with Gasteiger partial charge in [-0.25, -0.2) is 4.79 Å². The van der Waals surface area contributed by atoms with E-state index >= 15 is 0 Å². The molecule has 1 aliphatic heterocycles. The van der Waals surface area contributed by atoms with Crippen LogP contribution in [-0.4, -0.2) is 43.3 Å². The van der Waals surface area contributed by atoms with Gasteiger partial charge in [-0.2, -0.15) is 0 Å². The molecule has 1 aliphatic rings. The van der Waals surface area contributed by atoms with E-state index in [1.165, 1.54) is 0 Å². The molecule has 6 heteroatoms. The average molecular weight is 345 g/mol. The summed E-state index contributed by atoms with van der Waals surface area (Å²) < 4.78 is 5.33. The molecule has 1 aromatic rings. The zero-order valence-corrected chi connectivity index (χ0v) is 14.5. The Kier molecular flexibility index (Phi) is 6.36. The topological polar surface area (TPSA) is 41.6 Å². The summed E-state index contributed by atoms with van der Waals surface area (Å²) in [5, 5.41) is 4.27. The lowest BCUT2D eigenvalue weighted by Gasteiger charge is -2.32. The summed E-state index contributed by atoms with van der Waals surface area (Å²) in [7, 11) is 1.84. The Morgan fingerprint density at radius 1 is 1.41 bits per heavy atom. The van der Waals surface area contributed by atoms with Crippen LogP contribution in [0.1, 0.15) is 25.3 Å². The number of carbonyl (C=O) groups excluding carboxylic acids is 1. The second-order valence-electron chi connectivity index (χ2n) is 5.74. The van der Waals surface area contributed by atoms with Gasteiger partial charge in [0.05, 0.1) is 0 Å². The van der Waals surface area contributed by atoms with Gasteiger partial charge in [-0.05, 0) is 43.9 Å². The quantitative estimate of drug-likeness (QED) is 0.903. The van der Waals surface area contributed by atoms with Crippen molar-refractivity contribution in [3.63, 3.8) is 0 Å². The molecule has 0 aliphatic carbocycles. The van der Waals surface area contributed by atoms with Crippen LogP contribution < -0.4 is 5.32 Å². The van der Waals surface area contributed by atoms with Crippen LogP contribution in [-0.2, 0) is 11.2 Å². The molecule has 4 nitrogen and oxygen atoms in total. The number of hydrogen-bond donors (Lipinski definition) is 1. The number of benzene rings is 1. The number of nitrogens with one attached hydrogen (secondary N) is 1. The van der Waals surface area contributed by atoms with Crippen LogP contribution in [0, 0.1) is 0 Å². The van der Waals surface area contributed by atoms with Gasteiger partial charge in [-0.3, -0.25) is 0 Å². The van der Waals surface area contributed by atoms with Crippen molar-refractivity contribution in [1.29, 1.82) is 0 Å². The van der Waals surface area contributed by atoms with E-state index in [1.54, 1.807) is 11.0 Å². The Morgan fingerprint density at radius 2 is 2.09 bits per heavy atom. The van der Waals surface area contributed by atoms with E-state index in [0.717, 1.165) is 31.6 Å². The Labute approximate surface area is 141 Å². The lowest BCUT2D eigenvalue weighted by Crippen LogP contribution is -2.48. The molecule has 2 rings (SSSR count). The number of ether oxygens (including phenoxy) is 1. The van der Waals surface area contributed by atoms with Gasteiger partial charge in [0.15, 0.2) is 0 Å². The van der Waals surface area contributed by atoms with Crippen molar-refractivity contribution in [2.24, 2.45) is 0 Å². The normalized spacial score (nSPS) is 17.1. The van der Waals surface area contributed by atoms with Gasteiger partial charge in [0.1, 0.15) is 0 Å². The monoisotopic (exact) mass is 344 g/mol. The van der Waals surface area contributed by atoms with Crippen LogP contribution in [0.3, 0.4) is 0 Å². The van der Waals surface area contributed by atoms with Gasteiger partial charge in [-0.15, -0.1) is 0 Å². The van der Waals surface area contributed by atoms with Crippen LogP contribution in [0.15, 0.2) is 18.2 Å². The van der Waals surface area contributed by atoms with Crippen LogP contribution in [0.2, 0.25) is 10.0 Å². The maximum absolute atomic E-state index is 12.3. The molecule has 2 amide bonds. The lowest BCUT2D eigenvalue weighted by molar-refractivity contribution is 0.0523. The number of hydrogen-bond acceptors (Lipinski definition) is 2. The number of halogens is 2. The molecule has 1 saturated heterocycles. The van der Waals surface area contributed by atoms with Gasteiger partial charge in [0, 0.05) is 42.4 Å². The summed E-state index contributed by atoms with van der Waals surface area (Å²) in [4.78, 5) is 14.1. The Bertz CT molecular complexity index is 519. The van der Waals surface area contributed by atoms with Gasteiger partial charge in [0.2, 0.25) is 0 Å². The van der Waals surface area contributed by atoms with Gasteiger partial charge >= 0.3 is 6.03 Å². The molecule has 0 spiro atoms. The molecule has 0 saturated carbocycles. The average Bonchev–Trinajstić information content (AvgIpc) is 2.50. The molecule has 22 heavy (non-hydrogen) atoms. The summed E-state index contributed by atoms with van der Waals surface area (Å²) in [6.45, 7) is 3.41. The number of amides is 2. The van der Waals surface area contributed by atoms with Crippen molar-refractivity contribution in [1.82, 2.24) is 10.2 Å². The molecule has 1 atom stereocenters. The largest absolute Gasteiger partial charge is 0.381 e. The summed E-state index contributed by atoms with van der Waals surface area (Å²) in [5.41, 5.74) is 0.979. The first-order valence-corrected chi connectivity index (χ1v) is 8.28. The van der Waals surface area contributed by atoms with Crippen molar-refractivity contribution in [2.45, 2.75) is 38.3 Å². The minimum absolute atomic E-state index is 0.00605. The second kappa shape index (κ2) is 8.04. The molecule has 1 fully saturated rings. The molecule has 0 aromatic heterocycles. The zero-order chi connectivity index (χ0) is 16.1. The number of rotatable bonds is 4. The minimum atomic E-state index is -0.0514. The summed E-state index contributed by atoms with van der Waals surface area (Å²) in [6.07, 6.45) is 2.45. The lowest BCUT2D eigenvalue weighted by atomic mass is 10.1. The highest BCUT2D eigenvalue weighted by Gasteiger charge is 2.23. The van der Waals surface area contributed by atoms with E-state index in [9.17, 15) is 4.79 Å². The van der Waals surface area contributed by atoms with E-state index in [0.29, 0.717) is 16.5 Å². The van der Waals surface area contributed by atoms with Crippen molar-refractivity contribution in [3.8, 4) is 0 Å². The molecule has 0 radical (unpaired) electrons. The third kappa shape index (κ3) is 4.77. The fraction of sp³-hybridized carbons (Fsp3) is 0.562. The molecule has 1 N–H and O–H groups in total. The fourth-order valence-corrected chi connectivity index (χ4v) is 3.10. The van der Waals surface area contributed by atoms with Gasteiger partial charge in [0.25, 0.3) is 0 Å². The summed E-state index contributed by atoms with van der Waals surface area (Å²) in [5.74, 6) is 0. The van der Waals surface area contributed by atoms with E-state index in [1.807, 2.05) is 26.1 Å². The van der Waals surface area contributed by atoms with Crippen molar-refractivity contribution < 1.29 is 9.53 Å². The van der Waals surface area contributed by atoms with E-state index < -0.39 is 0 Å². The first-order valence-electron chi connectivity index (χ1n) is 7.52.